The average molecular weight is 139 g/mol. The molecular weight excluding hydrogens is 122 g/mol. The van der Waals surface area contributed by atoms with Gasteiger partial charge in [0.2, 0.25) is 0 Å². The maximum atomic E-state index is 3.61. The van der Waals surface area contributed by atoms with Crippen molar-refractivity contribution in [3.63, 3.8) is 0 Å². The first kappa shape index (κ1) is 6.66. The maximum absolute atomic E-state index is 3.61. The fraction of sp³-hybridized carbons (Fsp3) is 1.00. The Morgan fingerprint density at radius 2 is 1.90 bits per heavy atom. The predicted octanol–water partition coefficient (Wildman–Crippen LogP) is 1.93. The Morgan fingerprint density at radius 1 is 0.900 bits per heavy atom. The van der Waals surface area contributed by atoms with Crippen molar-refractivity contribution in [2.24, 2.45) is 5.92 Å². The third kappa shape index (κ3) is 1.34. The fourth-order valence-electron chi connectivity index (χ4n) is 2.36. The highest BCUT2D eigenvalue weighted by Gasteiger charge is 2.21. The van der Waals surface area contributed by atoms with E-state index in [4.69, 9.17) is 0 Å². The van der Waals surface area contributed by atoms with Gasteiger partial charge in [0.25, 0.3) is 0 Å². The minimum atomic E-state index is 0.882. The molecule has 1 aliphatic carbocycles. The van der Waals surface area contributed by atoms with Crippen molar-refractivity contribution in [3.05, 3.63) is 0 Å². The summed E-state index contributed by atoms with van der Waals surface area (Å²) in [5.74, 6) is 1.07. The summed E-state index contributed by atoms with van der Waals surface area (Å²) in [5.41, 5.74) is 0. The second kappa shape index (κ2) is 2.91. The SMILES string of the molecule is C1CC2CCNC(C1)CC2. The van der Waals surface area contributed by atoms with E-state index >= 15 is 0 Å². The van der Waals surface area contributed by atoms with Crippen LogP contribution in [-0.4, -0.2) is 12.6 Å². The van der Waals surface area contributed by atoms with E-state index < -0.39 is 0 Å². The van der Waals surface area contributed by atoms with Gasteiger partial charge in [0.15, 0.2) is 0 Å². The van der Waals surface area contributed by atoms with E-state index in [0.717, 1.165) is 12.0 Å². The maximum Gasteiger partial charge on any atom is 0.00671 e. The first-order chi connectivity index (χ1) is 4.95. The van der Waals surface area contributed by atoms with Crippen LogP contribution < -0.4 is 5.32 Å². The highest BCUT2D eigenvalue weighted by molar-refractivity contribution is 4.79. The van der Waals surface area contributed by atoms with Crippen LogP contribution in [0.15, 0.2) is 0 Å². The lowest BCUT2D eigenvalue weighted by Gasteiger charge is -2.16. The Labute approximate surface area is 63.2 Å². The summed E-state index contributed by atoms with van der Waals surface area (Å²) < 4.78 is 0. The van der Waals surface area contributed by atoms with Gasteiger partial charge in [0.05, 0.1) is 0 Å². The van der Waals surface area contributed by atoms with E-state index in [2.05, 4.69) is 5.32 Å². The quantitative estimate of drug-likeness (QED) is 0.540. The standard InChI is InChI=1S/C9H17N/c1-2-8-4-5-9(3-1)10-7-6-8/h8-10H,1-7H2. The molecule has 1 heterocycles. The molecular formula is C9H17N. The molecule has 1 nitrogen and oxygen atoms in total. The second-order valence-corrected chi connectivity index (χ2v) is 3.81. The Balaban J connectivity index is 2.01. The van der Waals surface area contributed by atoms with Crippen LogP contribution in [-0.2, 0) is 0 Å². The van der Waals surface area contributed by atoms with Gasteiger partial charge in [-0.3, -0.25) is 0 Å². The van der Waals surface area contributed by atoms with Gasteiger partial charge in [-0.25, -0.2) is 0 Å². The van der Waals surface area contributed by atoms with E-state index in [1.165, 1.54) is 45.1 Å². The molecule has 0 aromatic heterocycles. The number of hydrogen-bond donors (Lipinski definition) is 1. The second-order valence-electron chi connectivity index (χ2n) is 3.81. The molecule has 2 fully saturated rings. The molecule has 0 aromatic carbocycles. The van der Waals surface area contributed by atoms with Crippen molar-refractivity contribution >= 4 is 0 Å². The zero-order valence-electron chi connectivity index (χ0n) is 6.60. The smallest absolute Gasteiger partial charge is 0.00671 e. The summed E-state index contributed by atoms with van der Waals surface area (Å²) in [6, 6.07) is 0.882. The third-order valence-electron chi connectivity index (χ3n) is 3.07. The number of nitrogens with one attached hydrogen (secondary N) is 1. The molecule has 2 bridgehead atoms. The largest absolute Gasteiger partial charge is 0.314 e. The predicted molar refractivity (Wildman–Crippen MR) is 43.0 cm³/mol. The molecule has 1 heteroatoms. The van der Waals surface area contributed by atoms with Gasteiger partial charge in [-0.1, -0.05) is 12.8 Å². The van der Waals surface area contributed by atoms with Crippen LogP contribution in [0.3, 0.4) is 0 Å². The van der Waals surface area contributed by atoms with Crippen molar-refractivity contribution in [1.82, 2.24) is 5.32 Å². The minimum absolute atomic E-state index is 0.882. The molecule has 1 aliphatic heterocycles. The van der Waals surface area contributed by atoms with Crippen LogP contribution >= 0.6 is 0 Å². The molecule has 0 radical (unpaired) electrons. The molecule has 1 saturated carbocycles. The summed E-state index contributed by atoms with van der Waals surface area (Å²) >= 11 is 0. The van der Waals surface area contributed by atoms with Gasteiger partial charge in [-0.2, -0.15) is 0 Å². The van der Waals surface area contributed by atoms with E-state index in [-0.39, 0.29) is 0 Å². The minimum Gasteiger partial charge on any atom is -0.314 e. The lowest BCUT2D eigenvalue weighted by atomic mass is 9.97. The molecule has 1 saturated heterocycles. The lowest BCUT2D eigenvalue weighted by molar-refractivity contribution is 0.413. The van der Waals surface area contributed by atoms with E-state index in [1.54, 1.807) is 0 Å². The summed E-state index contributed by atoms with van der Waals surface area (Å²) in [4.78, 5) is 0. The van der Waals surface area contributed by atoms with Crippen molar-refractivity contribution < 1.29 is 0 Å². The van der Waals surface area contributed by atoms with Crippen LogP contribution in [0.2, 0.25) is 0 Å². The summed E-state index contributed by atoms with van der Waals surface area (Å²) in [6.07, 6.45) is 8.82. The molecule has 2 rings (SSSR count). The first-order valence-corrected chi connectivity index (χ1v) is 4.68. The van der Waals surface area contributed by atoms with E-state index in [0.29, 0.717) is 0 Å². The lowest BCUT2D eigenvalue weighted by Crippen LogP contribution is -2.28. The highest BCUT2D eigenvalue weighted by atomic mass is 14.9. The molecule has 2 unspecified atom stereocenters. The normalized spacial score (nSPS) is 40.8. The van der Waals surface area contributed by atoms with Crippen LogP contribution in [0.1, 0.15) is 38.5 Å². The molecule has 2 atom stereocenters. The number of rotatable bonds is 0. The molecule has 0 amide bonds. The van der Waals surface area contributed by atoms with Crippen LogP contribution in [0.4, 0.5) is 0 Å². The first-order valence-electron chi connectivity index (χ1n) is 4.68. The number of hydrogen-bond acceptors (Lipinski definition) is 1. The average Bonchev–Trinajstić information content (AvgIpc) is 2.17. The Kier molecular flexibility index (Phi) is 1.94. The molecule has 10 heavy (non-hydrogen) atoms. The number of fused-ring (bicyclic) bond motifs is 3. The van der Waals surface area contributed by atoms with Gasteiger partial charge in [-0.15, -0.1) is 0 Å². The van der Waals surface area contributed by atoms with Crippen molar-refractivity contribution in [1.29, 1.82) is 0 Å². The van der Waals surface area contributed by atoms with Crippen LogP contribution in [0, 0.1) is 5.92 Å². The monoisotopic (exact) mass is 139 g/mol. The zero-order chi connectivity index (χ0) is 6.81. The summed E-state index contributed by atoms with van der Waals surface area (Å²) in [7, 11) is 0. The summed E-state index contributed by atoms with van der Waals surface area (Å²) in [6.45, 7) is 1.29. The van der Waals surface area contributed by atoms with Crippen molar-refractivity contribution in [2.45, 2.75) is 44.6 Å². The van der Waals surface area contributed by atoms with Gasteiger partial charge in [0.1, 0.15) is 0 Å². The zero-order valence-corrected chi connectivity index (χ0v) is 6.60. The molecule has 0 aromatic rings. The van der Waals surface area contributed by atoms with Crippen LogP contribution in [0.5, 0.6) is 0 Å². The Bertz CT molecular complexity index is 89.3. The fourth-order valence-corrected chi connectivity index (χ4v) is 2.36. The Hall–Kier alpha value is -0.0400. The molecule has 2 aliphatic rings. The molecule has 1 N–H and O–H groups in total. The van der Waals surface area contributed by atoms with Gasteiger partial charge in [0, 0.05) is 6.04 Å². The van der Waals surface area contributed by atoms with E-state index in [1.807, 2.05) is 0 Å². The molecule has 0 spiro atoms. The van der Waals surface area contributed by atoms with Crippen molar-refractivity contribution in [2.75, 3.05) is 6.54 Å². The van der Waals surface area contributed by atoms with Crippen molar-refractivity contribution in [3.8, 4) is 0 Å². The van der Waals surface area contributed by atoms with Gasteiger partial charge < -0.3 is 5.32 Å². The summed E-state index contributed by atoms with van der Waals surface area (Å²) in [5, 5.41) is 3.61. The highest BCUT2D eigenvalue weighted by Crippen LogP contribution is 2.27. The van der Waals surface area contributed by atoms with Crippen LogP contribution in [0.25, 0.3) is 0 Å². The Morgan fingerprint density at radius 3 is 2.90 bits per heavy atom. The van der Waals surface area contributed by atoms with E-state index in [9.17, 15) is 0 Å². The topological polar surface area (TPSA) is 12.0 Å². The van der Waals surface area contributed by atoms with Gasteiger partial charge >= 0.3 is 0 Å². The van der Waals surface area contributed by atoms with Gasteiger partial charge in [-0.05, 0) is 38.1 Å². The third-order valence-corrected chi connectivity index (χ3v) is 3.07. The molecule has 58 valence electrons.